The minimum atomic E-state index is -0.892. The first kappa shape index (κ1) is 12.6. The van der Waals surface area contributed by atoms with Crippen molar-refractivity contribution in [2.45, 2.75) is 31.1 Å². The molecule has 2 unspecified atom stereocenters. The van der Waals surface area contributed by atoms with Gasteiger partial charge in [-0.3, -0.25) is 0 Å². The summed E-state index contributed by atoms with van der Waals surface area (Å²) >= 11 is 1.78. The molecule has 0 aromatic heterocycles. The van der Waals surface area contributed by atoms with Gasteiger partial charge in [0.1, 0.15) is 11.5 Å². The summed E-state index contributed by atoms with van der Waals surface area (Å²) < 4.78 is 39.6. The summed E-state index contributed by atoms with van der Waals surface area (Å²) in [5.41, 5.74) is -0.217. The maximum atomic E-state index is 13.4. The Balaban J connectivity index is 2.17. The zero-order valence-electron chi connectivity index (χ0n) is 9.47. The summed E-state index contributed by atoms with van der Waals surface area (Å²) in [6.45, 7) is 2.03. The minimum Gasteiger partial charge on any atom is -0.376 e. The van der Waals surface area contributed by atoms with E-state index >= 15 is 0 Å². The van der Waals surface area contributed by atoms with E-state index in [1.807, 2.05) is 6.92 Å². The molecule has 1 aromatic carbocycles. The number of benzene rings is 1. The Morgan fingerprint density at radius 1 is 1.24 bits per heavy atom. The fourth-order valence-corrected chi connectivity index (χ4v) is 3.12. The number of hydrogen-bond donors (Lipinski definition) is 1. The van der Waals surface area contributed by atoms with E-state index in [1.165, 1.54) is 0 Å². The first-order valence-corrected chi connectivity index (χ1v) is 6.65. The average molecular weight is 261 g/mol. The van der Waals surface area contributed by atoms with E-state index in [2.05, 4.69) is 5.32 Å². The Labute approximate surface area is 103 Å². The SMILES string of the molecule is CC1SCCCC1Nc1c(F)cc(F)cc1F. The van der Waals surface area contributed by atoms with Gasteiger partial charge in [-0.15, -0.1) is 0 Å². The van der Waals surface area contributed by atoms with E-state index in [0.717, 1.165) is 18.6 Å². The molecule has 0 saturated carbocycles. The lowest BCUT2D eigenvalue weighted by molar-refractivity contribution is 0.537. The van der Waals surface area contributed by atoms with Crippen molar-refractivity contribution in [1.29, 1.82) is 0 Å². The van der Waals surface area contributed by atoms with Crippen LogP contribution in [0.3, 0.4) is 0 Å². The maximum Gasteiger partial charge on any atom is 0.152 e. The topological polar surface area (TPSA) is 12.0 Å². The van der Waals surface area contributed by atoms with Crippen LogP contribution in [0.1, 0.15) is 19.8 Å². The second-order valence-electron chi connectivity index (χ2n) is 4.21. The number of hydrogen-bond acceptors (Lipinski definition) is 2. The van der Waals surface area contributed by atoms with Gasteiger partial charge >= 0.3 is 0 Å². The quantitative estimate of drug-likeness (QED) is 0.869. The van der Waals surface area contributed by atoms with Crippen molar-refractivity contribution in [1.82, 2.24) is 0 Å². The third kappa shape index (κ3) is 2.89. The van der Waals surface area contributed by atoms with Crippen LogP contribution < -0.4 is 5.32 Å². The Bertz CT molecular complexity index is 388. The molecule has 0 radical (unpaired) electrons. The van der Waals surface area contributed by atoms with Gasteiger partial charge in [0.05, 0.1) is 0 Å². The average Bonchev–Trinajstić information content (AvgIpc) is 2.25. The normalized spacial score (nSPS) is 24.7. The van der Waals surface area contributed by atoms with Gasteiger partial charge in [0.25, 0.3) is 0 Å². The molecule has 0 bridgehead atoms. The lowest BCUT2D eigenvalue weighted by atomic mass is 10.1. The highest BCUT2D eigenvalue weighted by Gasteiger charge is 2.24. The van der Waals surface area contributed by atoms with Crippen LogP contribution in [0.2, 0.25) is 0 Å². The van der Waals surface area contributed by atoms with Crippen LogP contribution in [-0.2, 0) is 0 Å². The molecule has 1 aliphatic heterocycles. The van der Waals surface area contributed by atoms with Gasteiger partial charge in [0.15, 0.2) is 11.6 Å². The Hall–Kier alpha value is -0.840. The number of thioether (sulfide) groups is 1. The molecule has 1 aliphatic rings. The van der Waals surface area contributed by atoms with Crippen LogP contribution in [0.25, 0.3) is 0 Å². The summed E-state index contributed by atoms with van der Waals surface area (Å²) in [6, 6.07) is 1.43. The van der Waals surface area contributed by atoms with Crippen molar-refractivity contribution >= 4 is 17.4 Å². The molecule has 0 amide bonds. The molecule has 2 rings (SSSR count). The molecule has 0 aliphatic carbocycles. The second kappa shape index (κ2) is 5.21. The van der Waals surface area contributed by atoms with Crippen molar-refractivity contribution in [2.24, 2.45) is 0 Å². The Morgan fingerprint density at radius 2 is 1.88 bits per heavy atom. The number of halogens is 3. The second-order valence-corrected chi connectivity index (χ2v) is 5.70. The lowest BCUT2D eigenvalue weighted by Crippen LogP contribution is -2.33. The van der Waals surface area contributed by atoms with Crippen LogP contribution in [0.15, 0.2) is 12.1 Å². The van der Waals surface area contributed by atoms with Gasteiger partial charge in [0.2, 0.25) is 0 Å². The molecule has 1 N–H and O–H groups in total. The number of rotatable bonds is 2. The molecule has 2 atom stereocenters. The van der Waals surface area contributed by atoms with Crippen molar-refractivity contribution < 1.29 is 13.2 Å². The summed E-state index contributed by atoms with van der Waals surface area (Å²) in [5, 5.41) is 3.16. The van der Waals surface area contributed by atoms with Gasteiger partial charge < -0.3 is 5.32 Å². The summed E-state index contributed by atoms with van der Waals surface area (Å²) in [5.74, 6) is -1.56. The van der Waals surface area contributed by atoms with E-state index in [4.69, 9.17) is 0 Å². The van der Waals surface area contributed by atoms with E-state index in [0.29, 0.717) is 17.4 Å². The molecule has 94 valence electrons. The number of nitrogens with one attached hydrogen (secondary N) is 1. The van der Waals surface area contributed by atoms with Gasteiger partial charge in [-0.2, -0.15) is 11.8 Å². The highest BCUT2D eigenvalue weighted by atomic mass is 32.2. The fourth-order valence-electron chi connectivity index (χ4n) is 1.98. The summed E-state index contributed by atoms with van der Waals surface area (Å²) in [6.07, 6.45) is 1.90. The van der Waals surface area contributed by atoms with Gasteiger partial charge in [-0.1, -0.05) is 6.92 Å². The monoisotopic (exact) mass is 261 g/mol. The van der Waals surface area contributed by atoms with Crippen molar-refractivity contribution in [3.05, 3.63) is 29.6 Å². The smallest absolute Gasteiger partial charge is 0.152 e. The molecule has 1 heterocycles. The maximum absolute atomic E-state index is 13.4. The molecule has 1 nitrogen and oxygen atoms in total. The highest BCUT2D eigenvalue weighted by Crippen LogP contribution is 2.29. The van der Waals surface area contributed by atoms with E-state index in [-0.39, 0.29) is 11.7 Å². The van der Waals surface area contributed by atoms with Gasteiger partial charge in [-0.05, 0) is 18.6 Å². The van der Waals surface area contributed by atoms with Crippen molar-refractivity contribution in [3.8, 4) is 0 Å². The van der Waals surface area contributed by atoms with Crippen LogP contribution in [0.5, 0.6) is 0 Å². The lowest BCUT2D eigenvalue weighted by Gasteiger charge is -2.30. The summed E-state index contributed by atoms with van der Waals surface area (Å²) in [4.78, 5) is 0. The predicted octanol–water partition coefficient (Wildman–Crippen LogP) is 3.80. The minimum absolute atomic E-state index is 0.0308. The molecule has 1 fully saturated rings. The Morgan fingerprint density at radius 3 is 2.47 bits per heavy atom. The fraction of sp³-hybridized carbons (Fsp3) is 0.500. The highest BCUT2D eigenvalue weighted by molar-refractivity contribution is 8.00. The molecule has 0 spiro atoms. The zero-order chi connectivity index (χ0) is 12.4. The third-order valence-electron chi connectivity index (χ3n) is 2.94. The summed E-state index contributed by atoms with van der Waals surface area (Å²) in [7, 11) is 0. The first-order chi connectivity index (χ1) is 8.08. The van der Waals surface area contributed by atoms with E-state index in [1.54, 1.807) is 11.8 Å². The van der Waals surface area contributed by atoms with Gasteiger partial charge in [0, 0.05) is 23.4 Å². The predicted molar refractivity (Wildman–Crippen MR) is 64.9 cm³/mol. The van der Waals surface area contributed by atoms with Gasteiger partial charge in [-0.25, -0.2) is 13.2 Å². The zero-order valence-corrected chi connectivity index (χ0v) is 10.3. The molecular formula is C12H14F3NS. The molecule has 5 heteroatoms. The number of anilines is 1. The molecular weight excluding hydrogens is 247 g/mol. The van der Waals surface area contributed by atoms with Crippen molar-refractivity contribution in [3.63, 3.8) is 0 Å². The van der Waals surface area contributed by atoms with Crippen LogP contribution in [0.4, 0.5) is 18.9 Å². The van der Waals surface area contributed by atoms with E-state index < -0.39 is 17.5 Å². The standard InChI is InChI=1S/C12H14F3NS/c1-7-11(3-2-4-17-7)16-12-9(14)5-8(13)6-10(12)15/h5-7,11,16H,2-4H2,1H3. The first-order valence-electron chi connectivity index (χ1n) is 5.60. The molecule has 1 aromatic rings. The van der Waals surface area contributed by atoms with Crippen LogP contribution >= 0.6 is 11.8 Å². The van der Waals surface area contributed by atoms with E-state index in [9.17, 15) is 13.2 Å². The third-order valence-corrected chi connectivity index (χ3v) is 4.32. The Kier molecular flexibility index (Phi) is 3.86. The largest absolute Gasteiger partial charge is 0.376 e. The van der Waals surface area contributed by atoms with Crippen LogP contribution in [-0.4, -0.2) is 17.0 Å². The van der Waals surface area contributed by atoms with Crippen molar-refractivity contribution in [2.75, 3.05) is 11.1 Å². The molecule has 1 saturated heterocycles. The molecule has 17 heavy (non-hydrogen) atoms. The van der Waals surface area contributed by atoms with Crippen LogP contribution in [0, 0.1) is 17.5 Å².